The van der Waals surface area contributed by atoms with Crippen LogP contribution in [0.3, 0.4) is 0 Å². The lowest BCUT2D eigenvalue weighted by Gasteiger charge is -2.22. The summed E-state index contributed by atoms with van der Waals surface area (Å²) in [6.07, 6.45) is 6.63. The van der Waals surface area contributed by atoms with Crippen LogP contribution in [-0.4, -0.2) is 47.6 Å². The van der Waals surface area contributed by atoms with Crippen LogP contribution in [0.5, 0.6) is 5.88 Å². The lowest BCUT2D eigenvalue weighted by atomic mass is 10.1. The first-order chi connectivity index (χ1) is 10.6. The first-order valence-electron chi connectivity index (χ1n) is 8.14. The lowest BCUT2D eigenvalue weighted by molar-refractivity contribution is -0.123. The Bertz CT molecular complexity index is 542. The molecule has 0 bridgehead atoms. The van der Waals surface area contributed by atoms with E-state index in [2.05, 4.69) is 22.2 Å². The van der Waals surface area contributed by atoms with E-state index in [1.165, 1.54) is 6.42 Å². The van der Waals surface area contributed by atoms with Crippen LogP contribution < -0.4 is 10.1 Å². The van der Waals surface area contributed by atoms with E-state index in [0.29, 0.717) is 24.9 Å². The molecule has 1 saturated heterocycles. The normalized spacial score (nSPS) is 23.3. The molecule has 1 aromatic rings. The highest BCUT2D eigenvalue weighted by molar-refractivity contribution is 5.78. The summed E-state index contributed by atoms with van der Waals surface area (Å²) in [7, 11) is 2.10. The van der Waals surface area contributed by atoms with Crippen molar-refractivity contribution in [1.82, 2.24) is 15.2 Å². The fourth-order valence-electron chi connectivity index (χ4n) is 3.08. The van der Waals surface area contributed by atoms with Gasteiger partial charge in [-0.3, -0.25) is 4.79 Å². The van der Waals surface area contributed by atoms with Gasteiger partial charge in [0.15, 0.2) is 0 Å². The largest absolute Gasteiger partial charge is 0.475 e. The predicted octanol–water partition coefficient (Wildman–Crippen LogP) is 1.90. The van der Waals surface area contributed by atoms with Gasteiger partial charge in [-0.25, -0.2) is 4.98 Å². The second-order valence-corrected chi connectivity index (χ2v) is 6.72. The topological polar surface area (TPSA) is 54.5 Å². The minimum atomic E-state index is -0.168. The number of nitrogens with zero attached hydrogens (tertiary/aromatic N) is 2. The van der Waals surface area contributed by atoms with Crippen molar-refractivity contribution >= 4 is 5.91 Å². The number of hydrogen-bond donors (Lipinski definition) is 1. The molecule has 22 heavy (non-hydrogen) atoms. The zero-order chi connectivity index (χ0) is 15.6. The molecule has 120 valence electrons. The maximum Gasteiger partial charge on any atom is 0.222 e. The van der Waals surface area contributed by atoms with Gasteiger partial charge in [0.1, 0.15) is 6.61 Å². The molecule has 0 radical (unpaired) electrons. The molecule has 0 aromatic carbocycles. The van der Waals surface area contributed by atoms with E-state index in [9.17, 15) is 4.79 Å². The van der Waals surface area contributed by atoms with Gasteiger partial charge in [-0.2, -0.15) is 0 Å². The number of likely N-dealkylation sites (tertiary alicyclic amines) is 1. The van der Waals surface area contributed by atoms with Gasteiger partial charge < -0.3 is 15.0 Å². The van der Waals surface area contributed by atoms with Gasteiger partial charge in [0.05, 0.1) is 5.54 Å². The Balaban J connectivity index is 1.49. The Morgan fingerprint density at radius 2 is 2.36 bits per heavy atom. The van der Waals surface area contributed by atoms with Gasteiger partial charge in [0.25, 0.3) is 0 Å². The SMILES string of the molecule is Cc1cccnc1OCC1(NC(=O)CC2CCCN2C)CC1. The summed E-state index contributed by atoms with van der Waals surface area (Å²) in [4.78, 5) is 18.8. The molecule has 1 aliphatic heterocycles. The smallest absolute Gasteiger partial charge is 0.222 e. The molecule has 3 rings (SSSR count). The summed E-state index contributed by atoms with van der Waals surface area (Å²) in [5.74, 6) is 0.816. The van der Waals surface area contributed by atoms with Crippen molar-refractivity contribution in [1.29, 1.82) is 0 Å². The highest BCUT2D eigenvalue weighted by atomic mass is 16.5. The van der Waals surface area contributed by atoms with Crippen LogP contribution in [0.15, 0.2) is 18.3 Å². The predicted molar refractivity (Wildman–Crippen MR) is 84.8 cm³/mol. The van der Waals surface area contributed by atoms with E-state index in [0.717, 1.165) is 31.4 Å². The molecule has 0 spiro atoms. The second-order valence-electron chi connectivity index (χ2n) is 6.72. The maximum absolute atomic E-state index is 12.3. The van der Waals surface area contributed by atoms with Gasteiger partial charge in [0.2, 0.25) is 11.8 Å². The van der Waals surface area contributed by atoms with Crippen molar-refractivity contribution in [2.45, 2.75) is 50.6 Å². The summed E-state index contributed by atoms with van der Waals surface area (Å²) in [6.45, 7) is 3.60. The number of aryl methyl sites for hydroxylation is 1. The average Bonchev–Trinajstić information content (AvgIpc) is 3.14. The van der Waals surface area contributed by atoms with Crippen LogP contribution in [0.1, 0.15) is 37.7 Å². The second kappa shape index (κ2) is 6.24. The van der Waals surface area contributed by atoms with Gasteiger partial charge in [-0.1, -0.05) is 6.07 Å². The van der Waals surface area contributed by atoms with E-state index >= 15 is 0 Å². The molecular formula is C17H25N3O2. The number of rotatable bonds is 6. The van der Waals surface area contributed by atoms with Crippen molar-refractivity contribution in [3.63, 3.8) is 0 Å². The molecule has 1 saturated carbocycles. The van der Waals surface area contributed by atoms with E-state index in [-0.39, 0.29) is 11.4 Å². The summed E-state index contributed by atoms with van der Waals surface area (Å²) in [5, 5.41) is 3.19. The zero-order valence-corrected chi connectivity index (χ0v) is 13.5. The number of nitrogens with one attached hydrogen (secondary N) is 1. The monoisotopic (exact) mass is 303 g/mol. The Morgan fingerprint density at radius 1 is 1.55 bits per heavy atom. The number of carbonyl (C=O) groups excluding carboxylic acids is 1. The van der Waals surface area contributed by atoms with E-state index < -0.39 is 0 Å². The van der Waals surface area contributed by atoms with Crippen LogP contribution in [0, 0.1) is 6.92 Å². The van der Waals surface area contributed by atoms with E-state index in [1.807, 2.05) is 19.1 Å². The van der Waals surface area contributed by atoms with Crippen LogP contribution in [0.2, 0.25) is 0 Å². The van der Waals surface area contributed by atoms with Crippen molar-refractivity contribution < 1.29 is 9.53 Å². The molecule has 2 fully saturated rings. The molecule has 5 nitrogen and oxygen atoms in total. The summed E-state index contributed by atoms with van der Waals surface area (Å²) in [5.41, 5.74) is 0.857. The minimum Gasteiger partial charge on any atom is -0.475 e. The van der Waals surface area contributed by atoms with Gasteiger partial charge in [-0.05, 0) is 52.3 Å². The van der Waals surface area contributed by atoms with Crippen LogP contribution in [-0.2, 0) is 4.79 Å². The van der Waals surface area contributed by atoms with Crippen LogP contribution >= 0.6 is 0 Å². The van der Waals surface area contributed by atoms with E-state index in [4.69, 9.17) is 4.74 Å². The number of pyridine rings is 1. The first kappa shape index (κ1) is 15.3. The van der Waals surface area contributed by atoms with Crippen LogP contribution in [0.25, 0.3) is 0 Å². The Hall–Kier alpha value is -1.62. The third-order valence-electron chi connectivity index (χ3n) is 4.80. The summed E-state index contributed by atoms with van der Waals surface area (Å²) >= 11 is 0. The number of ether oxygens (including phenoxy) is 1. The third-order valence-corrected chi connectivity index (χ3v) is 4.80. The molecule has 1 aliphatic carbocycles. The molecular weight excluding hydrogens is 278 g/mol. The Kier molecular flexibility index (Phi) is 4.34. The highest BCUT2D eigenvalue weighted by Crippen LogP contribution is 2.36. The molecule has 5 heteroatoms. The third kappa shape index (κ3) is 3.58. The molecule has 1 aromatic heterocycles. The molecule has 1 amide bonds. The lowest BCUT2D eigenvalue weighted by Crippen LogP contribution is -2.43. The van der Waals surface area contributed by atoms with E-state index in [1.54, 1.807) is 6.20 Å². The van der Waals surface area contributed by atoms with Gasteiger partial charge in [-0.15, -0.1) is 0 Å². The maximum atomic E-state index is 12.3. The number of carbonyl (C=O) groups is 1. The Labute approximate surface area is 132 Å². The number of aromatic nitrogens is 1. The molecule has 2 heterocycles. The van der Waals surface area contributed by atoms with Gasteiger partial charge in [0, 0.05) is 24.2 Å². The molecule has 2 aliphatic rings. The molecule has 1 N–H and O–H groups in total. The van der Waals surface area contributed by atoms with Crippen LogP contribution in [0.4, 0.5) is 0 Å². The average molecular weight is 303 g/mol. The minimum absolute atomic E-state index is 0.151. The van der Waals surface area contributed by atoms with Crippen molar-refractivity contribution in [2.75, 3.05) is 20.2 Å². The van der Waals surface area contributed by atoms with Crippen molar-refractivity contribution in [2.24, 2.45) is 0 Å². The standard InChI is InChI=1S/C17H25N3O2/c1-13-5-3-9-18-16(13)22-12-17(7-8-17)19-15(21)11-14-6-4-10-20(14)2/h3,5,9,14H,4,6-8,10-12H2,1-2H3,(H,19,21). The van der Waals surface area contributed by atoms with Crippen molar-refractivity contribution in [3.05, 3.63) is 23.9 Å². The molecule has 1 unspecified atom stereocenters. The molecule has 1 atom stereocenters. The highest BCUT2D eigenvalue weighted by Gasteiger charge is 2.45. The fourth-order valence-corrected chi connectivity index (χ4v) is 3.08. The number of amides is 1. The fraction of sp³-hybridized carbons (Fsp3) is 0.647. The number of hydrogen-bond acceptors (Lipinski definition) is 4. The Morgan fingerprint density at radius 3 is 3.00 bits per heavy atom. The zero-order valence-electron chi connectivity index (χ0n) is 13.5. The first-order valence-corrected chi connectivity index (χ1v) is 8.14. The summed E-state index contributed by atoms with van der Waals surface area (Å²) < 4.78 is 5.82. The summed E-state index contributed by atoms with van der Waals surface area (Å²) in [6, 6.07) is 4.28. The quantitative estimate of drug-likeness (QED) is 0.872. The van der Waals surface area contributed by atoms with Crippen molar-refractivity contribution in [3.8, 4) is 5.88 Å². The van der Waals surface area contributed by atoms with Gasteiger partial charge >= 0.3 is 0 Å².